The van der Waals surface area contributed by atoms with Crippen molar-refractivity contribution in [2.45, 2.75) is 49.8 Å². The Bertz CT molecular complexity index is 4960. The lowest BCUT2D eigenvalue weighted by atomic mass is 9.86. The smallest absolute Gasteiger partial charge is 0.220 e. The standard InChI is InChI=1S/C80H67N7OSi3/c1-89(2,77-81-67(56-31-11-5-12-32-56)54-68(82-77)57-33-13-6-14-34-57)80(90(3,4)78-83-69(58-35-15-7-16-36-58)55-70(84-78)59-37-17-8-18-38-59)64-45-23-28-51-74(64)88-76-65(80)46-30-52-75(76)91(61-40-19-9-20-41-61,62-42-21-10-22-43-62)63-44-29-39-60(53-63)86-72-49-26-27-50-73(72)87-71-48-25-24-47-66(71)85-79(86)87/h5-7,9-17,19-55,65,76H,8,18H2,1-4H3. The molecular weight excluding hydrogens is 1160 g/mol. The number of ether oxygens (including phenoxy) is 1. The fourth-order valence-corrected chi connectivity index (χ4v) is 34.2. The summed E-state index contributed by atoms with van der Waals surface area (Å²) < 4.78 is 12.1. The van der Waals surface area contributed by atoms with Gasteiger partial charge in [-0.25, -0.2) is 24.9 Å². The van der Waals surface area contributed by atoms with Gasteiger partial charge < -0.3 is 4.74 Å². The minimum atomic E-state index is -3.50. The molecule has 0 amide bonds. The quantitative estimate of drug-likeness (QED) is 0.0845. The molecule has 8 nitrogen and oxygen atoms in total. The van der Waals surface area contributed by atoms with Gasteiger partial charge in [-0.1, -0.05) is 269 Å². The van der Waals surface area contributed by atoms with Crippen molar-refractivity contribution >= 4 is 84.1 Å². The first-order chi connectivity index (χ1) is 44.6. The molecule has 11 heteroatoms. The summed E-state index contributed by atoms with van der Waals surface area (Å²) in [7, 11) is -10.2. The molecule has 0 saturated carbocycles. The molecule has 0 bridgehead atoms. The Morgan fingerprint density at radius 3 is 1.56 bits per heavy atom. The minimum absolute atomic E-state index is 0.274. The number of fused-ring (bicyclic) bond motifs is 7. The number of imidazole rings is 2. The second-order valence-corrected chi connectivity index (χ2v) is 38.7. The number of aromatic nitrogens is 7. The second kappa shape index (κ2) is 22.4. The van der Waals surface area contributed by atoms with E-state index in [2.05, 4.69) is 332 Å². The third-order valence-corrected chi connectivity index (χ3v) is 36.3. The summed E-state index contributed by atoms with van der Waals surface area (Å²) in [5.41, 5.74) is 16.1. The van der Waals surface area contributed by atoms with E-state index in [1.165, 1.54) is 26.3 Å². The van der Waals surface area contributed by atoms with E-state index in [-0.39, 0.29) is 5.92 Å². The van der Waals surface area contributed by atoms with Crippen LogP contribution in [0.5, 0.6) is 5.75 Å². The fraction of sp³-hybridized carbons (Fsp3) is 0.113. The molecule has 5 heterocycles. The van der Waals surface area contributed by atoms with Crippen LogP contribution in [-0.2, 0) is 4.66 Å². The van der Waals surface area contributed by atoms with Crippen LogP contribution >= 0.6 is 0 Å². The predicted octanol–water partition coefficient (Wildman–Crippen LogP) is 14.9. The third kappa shape index (κ3) is 8.92. The molecule has 91 heavy (non-hydrogen) atoms. The normalized spacial score (nSPS) is 17.3. The summed E-state index contributed by atoms with van der Waals surface area (Å²) in [6, 6.07) is 94.6. The van der Waals surface area contributed by atoms with Gasteiger partial charge in [-0.2, -0.15) is 0 Å². The fourth-order valence-electron chi connectivity index (χ4n) is 15.9. The third-order valence-electron chi connectivity index (χ3n) is 19.8. The van der Waals surface area contributed by atoms with E-state index >= 15 is 0 Å². The van der Waals surface area contributed by atoms with Gasteiger partial charge in [0.2, 0.25) is 5.78 Å². The van der Waals surface area contributed by atoms with Crippen LogP contribution in [0.15, 0.2) is 303 Å². The van der Waals surface area contributed by atoms with Crippen LogP contribution < -0.4 is 31.2 Å². The highest BCUT2D eigenvalue weighted by Crippen LogP contribution is 2.58. The SMILES string of the molecule is C[Si](C)(c1nc(C2=CCCC=C2)cc(-c2ccccc2)n1)C1([Si](C)(C)c2nc(-c3ccccc3)cc(-c3ccccc3)n2)c2ccccc2OC2C([Si](c3ccccc3)(c3ccccc3)c3cccc(-n4c5ccccc5n5c6ccccc6nc45)c3)=CC=CC21. The summed E-state index contributed by atoms with van der Waals surface area (Å²) in [6.45, 7) is 10.2. The maximum atomic E-state index is 8.13. The van der Waals surface area contributed by atoms with E-state index in [4.69, 9.17) is 29.7 Å². The molecule has 3 unspecified atom stereocenters. The molecular formula is C80H67N7OSi3. The van der Waals surface area contributed by atoms with Crippen molar-refractivity contribution in [2.75, 3.05) is 0 Å². The second-order valence-electron chi connectivity index (χ2n) is 25.4. The number of rotatable bonds is 13. The number of hydrogen-bond donors (Lipinski definition) is 0. The molecule has 440 valence electrons. The van der Waals surface area contributed by atoms with E-state index in [1.54, 1.807) is 0 Å². The van der Waals surface area contributed by atoms with E-state index in [0.717, 1.165) is 108 Å². The molecule has 4 aromatic heterocycles. The Hall–Kier alpha value is -10.2. The maximum absolute atomic E-state index is 8.13. The summed E-state index contributed by atoms with van der Waals surface area (Å²) in [6.07, 6.45) is 15.7. The molecule has 0 spiro atoms. The van der Waals surface area contributed by atoms with Gasteiger partial charge in [0.1, 0.15) is 38.9 Å². The average Bonchev–Trinajstić information content (AvgIpc) is 1.18. The lowest BCUT2D eigenvalue weighted by Crippen LogP contribution is -2.82. The molecule has 16 rings (SSSR count). The van der Waals surface area contributed by atoms with Gasteiger partial charge in [0.15, 0.2) is 8.07 Å². The summed E-state index contributed by atoms with van der Waals surface area (Å²) >= 11 is 0. The molecule has 1 aliphatic heterocycles. The number of nitrogens with zero attached hydrogens (tertiary/aromatic N) is 7. The molecule has 2 aliphatic carbocycles. The summed E-state index contributed by atoms with van der Waals surface area (Å²) in [4.78, 5) is 29.1. The summed E-state index contributed by atoms with van der Waals surface area (Å²) in [5.74, 6) is 1.47. The van der Waals surface area contributed by atoms with Crippen molar-refractivity contribution in [1.82, 2.24) is 33.9 Å². The molecule has 0 radical (unpaired) electrons. The topological polar surface area (TPSA) is 83.0 Å². The van der Waals surface area contributed by atoms with Crippen LogP contribution in [0.2, 0.25) is 26.2 Å². The largest absolute Gasteiger partial charge is 0.486 e. The highest BCUT2D eigenvalue weighted by atomic mass is 28.4. The average molecular weight is 1230 g/mol. The number of benzene rings is 9. The monoisotopic (exact) mass is 1230 g/mol. The number of para-hydroxylation sites is 5. The van der Waals surface area contributed by atoms with Gasteiger partial charge in [-0.05, 0) is 99.3 Å². The van der Waals surface area contributed by atoms with Gasteiger partial charge in [-0.3, -0.25) is 8.97 Å². The van der Waals surface area contributed by atoms with Gasteiger partial charge in [-0.15, -0.1) is 0 Å². The van der Waals surface area contributed by atoms with Crippen molar-refractivity contribution in [2.24, 2.45) is 5.92 Å². The zero-order valence-corrected chi connectivity index (χ0v) is 54.4. The van der Waals surface area contributed by atoms with Crippen LogP contribution in [0, 0.1) is 5.92 Å². The van der Waals surface area contributed by atoms with Crippen molar-refractivity contribution in [1.29, 1.82) is 0 Å². The summed E-state index contributed by atoms with van der Waals surface area (Å²) in [5, 5.41) is 5.02. The molecule has 13 aromatic rings. The van der Waals surface area contributed by atoms with E-state index in [1.807, 2.05) is 0 Å². The Labute approximate surface area is 534 Å². The van der Waals surface area contributed by atoms with Gasteiger partial charge in [0.25, 0.3) is 0 Å². The molecule has 9 aromatic carbocycles. The molecule has 3 atom stereocenters. The van der Waals surface area contributed by atoms with Crippen LogP contribution in [0.4, 0.5) is 0 Å². The Morgan fingerprint density at radius 2 is 0.967 bits per heavy atom. The highest BCUT2D eigenvalue weighted by molar-refractivity contribution is 7.16. The molecule has 3 aliphatic rings. The zero-order valence-electron chi connectivity index (χ0n) is 51.4. The molecule has 0 N–H and O–H groups in total. The van der Waals surface area contributed by atoms with Crippen LogP contribution in [-0.4, -0.2) is 64.2 Å². The van der Waals surface area contributed by atoms with Crippen molar-refractivity contribution < 1.29 is 4.74 Å². The Morgan fingerprint density at radius 1 is 0.462 bits per heavy atom. The Kier molecular flexibility index (Phi) is 13.8. The zero-order chi connectivity index (χ0) is 61.3. The van der Waals surface area contributed by atoms with Gasteiger partial charge in [0.05, 0.1) is 44.8 Å². The highest BCUT2D eigenvalue weighted by Gasteiger charge is 2.70. The lowest BCUT2D eigenvalue weighted by Gasteiger charge is -2.61. The van der Waals surface area contributed by atoms with E-state index < -0.39 is 35.0 Å². The van der Waals surface area contributed by atoms with Crippen molar-refractivity contribution in [3.8, 4) is 45.2 Å². The first-order valence-electron chi connectivity index (χ1n) is 31.7. The predicted molar refractivity (Wildman–Crippen MR) is 381 cm³/mol. The molecule has 0 fully saturated rings. The first kappa shape index (κ1) is 56.1. The number of hydrogen-bond acceptors (Lipinski definition) is 6. The maximum Gasteiger partial charge on any atom is 0.220 e. The minimum Gasteiger partial charge on any atom is -0.486 e. The van der Waals surface area contributed by atoms with E-state index in [0.29, 0.717) is 0 Å². The van der Waals surface area contributed by atoms with Gasteiger partial charge >= 0.3 is 0 Å². The van der Waals surface area contributed by atoms with E-state index in [9.17, 15) is 0 Å². The van der Waals surface area contributed by atoms with Crippen molar-refractivity contribution in [3.05, 3.63) is 314 Å². The van der Waals surface area contributed by atoms with Crippen LogP contribution in [0.25, 0.3) is 72.9 Å². The lowest BCUT2D eigenvalue weighted by molar-refractivity contribution is 0.154. The van der Waals surface area contributed by atoms with Crippen LogP contribution in [0.3, 0.4) is 0 Å². The van der Waals surface area contributed by atoms with Gasteiger partial charge in [0, 0.05) is 33.0 Å². The Balaban J connectivity index is 0.992. The van der Waals surface area contributed by atoms with Crippen LogP contribution in [0.1, 0.15) is 24.1 Å². The van der Waals surface area contributed by atoms with Crippen molar-refractivity contribution in [3.63, 3.8) is 0 Å². The number of allylic oxidation sites excluding steroid dienone is 6. The molecule has 0 saturated heterocycles. The first-order valence-corrected chi connectivity index (χ1v) is 39.7.